The fourth-order valence-electron chi connectivity index (χ4n) is 2.73. The van der Waals surface area contributed by atoms with Crippen LogP contribution in [-0.4, -0.2) is 41.7 Å². The number of amides is 1. The van der Waals surface area contributed by atoms with Crippen LogP contribution in [0.2, 0.25) is 0 Å². The van der Waals surface area contributed by atoms with Gasteiger partial charge in [-0.25, -0.2) is 0 Å². The number of aliphatic hydroxyl groups excluding tert-OH is 1. The molecule has 2 N–H and O–H groups in total. The summed E-state index contributed by atoms with van der Waals surface area (Å²) in [4.78, 5) is 14.3. The molecular weight excluding hydrogens is 367 g/mol. The molecule has 110 valence electrons. The van der Waals surface area contributed by atoms with Gasteiger partial charge in [-0.15, -0.1) is 0 Å². The molecule has 5 heteroatoms. The Balaban J connectivity index is 1.92. The van der Waals surface area contributed by atoms with Gasteiger partial charge in [-0.2, -0.15) is 0 Å². The number of rotatable bonds is 6. The number of carbonyl (C=O) groups excluding carboxylic acids is 1. The van der Waals surface area contributed by atoms with E-state index in [0.29, 0.717) is 19.1 Å². The Labute approximate surface area is 133 Å². The number of carbonyl (C=O) groups is 1. The molecule has 0 radical (unpaired) electrons. The quantitative estimate of drug-likeness (QED) is 0.737. The Kier molecular flexibility index (Phi) is 6.25. The Morgan fingerprint density at radius 2 is 2.05 bits per heavy atom. The van der Waals surface area contributed by atoms with Gasteiger partial charge >= 0.3 is 0 Å². The van der Waals surface area contributed by atoms with Crippen LogP contribution in [0, 0.1) is 3.57 Å². The summed E-state index contributed by atoms with van der Waals surface area (Å²) >= 11 is 2.21. The van der Waals surface area contributed by atoms with Gasteiger partial charge in [0.05, 0.1) is 18.8 Å². The van der Waals surface area contributed by atoms with Gasteiger partial charge in [-0.05, 0) is 47.6 Å². The summed E-state index contributed by atoms with van der Waals surface area (Å²) in [5, 5.41) is 12.1. The fourth-order valence-corrected chi connectivity index (χ4v) is 3.25. The second kappa shape index (κ2) is 7.95. The van der Waals surface area contributed by atoms with Crippen molar-refractivity contribution < 1.29 is 9.90 Å². The predicted octanol–water partition coefficient (Wildman–Crippen LogP) is 2.47. The molecule has 1 aromatic carbocycles. The molecule has 0 bridgehead atoms. The molecule has 2 rings (SSSR count). The zero-order chi connectivity index (χ0) is 14.4. The van der Waals surface area contributed by atoms with Crippen LogP contribution in [0.25, 0.3) is 0 Å². The number of para-hydroxylation sites is 1. The van der Waals surface area contributed by atoms with Crippen molar-refractivity contribution in [3.8, 4) is 0 Å². The van der Waals surface area contributed by atoms with Crippen LogP contribution in [0.5, 0.6) is 0 Å². The van der Waals surface area contributed by atoms with E-state index < -0.39 is 0 Å². The SMILES string of the molecule is O=C(CN(CCO)C1CCCC1)Nc1ccccc1I. The maximum Gasteiger partial charge on any atom is 0.238 e. The van der Waals surface area contributed by atoms with Crippen LogP contribution in [-0.2, 0) is 4.79 Å². The molecule has 0 spiro atoms. The first-order valence-electron chi connectivity index (χ1n) is 7.10. The highest BCUT2D eigenvalue weighted by molar-refractivity contribution is 14.1. The third-order valence-corrected chi connectivity index (χ3v) is 4.66. The van der Waals surface area contributed by atoms with Crippen molar-refractivity contribution in [1.82, 2.24) is 4.90 Å². The maximum absolute atomic E-state index is 12.2. The number of nitrogens with one attached hydrogen (secondary N) is 1. The van der Waals surface area contributed by atoms with Gasteiger partial charge in [0.15, 0.2) is 0 Å². The van der Waals surface area contributed by atoms with Crippen LogP contribution < -0.4 is 5.32 Å². The minimum atomic E-state index is -0.00512. The Bertz CT molecular complexity index is 447. The number of hydrogen-bond donors (Lipinski definition) is 2. The minimum absolute atomic E-state index is 0.00512. The average Bonchev–Trinajstić information content (AvgIpc) is 2.95. The van der Waals surface area contributed by atoms with E-state index in [4.69, 9.17) is 5.11 Å². The first-order chi connectivity index (χ1) is 9.70. The molecule has 0 saturated heterocycles. The number of anilines is 1. The topological polar surface area (TPSA) is 52.6 Å². The Hall–Kier alpha value is -0.660. The lowest BCUT2D eigenvalue weighted by atomic mass is 10.2. The summed E-state index contributed by atoms with van der Waals surface area (Å²) in [5.41, 5.74) is 0.855. The molecule has 0 unspecified atom stereocenters. The van der Waals surface area contributed by atoms with Gasteiger partial charge in [0, 0.05) is 16.2 Å². The maximum atomic E-state index is 12.2. The number of hydrogen-bond acceptors (Lipinski definition) is 3. The lowest BCUT2D eigenvalue weighted by Crippen LogP contribution is -2.41. The van der Waals surface area contributed by atoms with E-state index in [9.17, 15) is 4.79 Å². The zero-order valence-corrected chi connectivity index (χ0v) is 13.7. The molecule has 0 aromatic heterocycles. The Morgan fingerprint density at radius 1 is 1.35 bits per heavy atom. The standard InChI is InChI=1S/C15H21IN2O2/c16-13-7-3-4-8-14(13)17-15(20)11-18(9-10-19)12-5-1-2-6-12/h3-4,7-8,12,19H,1-2,5-6,9-11H2,(H,17,20). The van der Waals surface area contributed by atoms with Gasteiger partial charge in [0.25, 0.3) is 0 Å². The number of halogens is 1. The third kappa shape index (κ3) is 4.43. The zero-order valence-electron chi connectivity index (χ0n) is 11.5. The smallest absolute Gasteiger partial charge is 0.238 e. The van der Waals surface area contributed by atoms with E-state index >= 15 is 0 Å². The summed E-state index contributed by atoms with van der Waals surface area (Å²) in [6, 6.07) is 8.20. The summed E-state index contributed by atoms with van der Waals surface area (Å²) in [5.74, 6) is -0.00512. The largest absolute Gasteiger partial charge is 0.395 e. The highest BCUT2D eigenvalue weighted by atomic mass is 127. The van der Waals surface area contributed by atoms with Gasteiger partial charge in [-0.3, -0.25) is 9.69 Å². The molecule has 1 saturated carbocycles. The van der Waals surface area contributed by atoms with Crippen LogP contribution in [0.15, 0.2) is 24.3 Å². The molecule has 20 heavy (non-hydrogen) atoms. The third-order valence-electron chi connectivity index (χ3n) is 3.72. The van der Waals surface area contributed by atoms with Crippen LogP contribution >= 0.6 is 22.6 Å². The monoisotopic (exact) mass is 388 g/mol. The summed E-state index contributed by atoms with van der Waals surface area (Å²) in [7, 11) is 0. The molecule has 0 heterocycles. The lowest BCUT2D eigenvalue weighted by molar-refractivity contribution is -0.118. The highest BCUT2D eigenvalue weighted by Gasteiger charge is 2.23. The summed E-state index contributed by atoms with van der Waals surface area (Å²) in [6.45, 7) is 1.03. The number of benzene rings is 1. The second-order valence-electron chi connectivity index (χ2n) is 5.16. The van der Waals surface area contributed by atoms with Gasteiger partial charge in [0.2, 0.25) is 5.91 Å². The second-order valence-corrected chi connectivity index (χ2v) is 6.32. The normalized spacial score (nSPS) is 15.8. The summed E-state index contributed by atoms with van der Waals surface area (Å²) < 4.78 is 1.04. The van der Waals surface area contributed by atoms with E-state index in [-0.39, 0.29) is 12.5 Å². The molecule has 1 amide bonds. The van der Waals surface area contributed by atoms with E-state index in [1.54, 1.807) is 0 Å². The molecule has 1 aliphatic rings. The van der Waals surface area contributed by atoms with Crippen LogP contribution in [0.4, 0.5) is 5.69 Å². The van der Waals surface area contributed by atoms with Crippen molar-refractivity contribution in [2.24, 2.45) is 0 Å². The van der Waals surface area contributed by atoms with Crippen LogP contribution in [0.3, 0.4) is 0 Å². The van der Waals surface area contributed by atoms with E-state index in [2.05, 4.69) is 32.8 Å². The fraction of sp³-hybridized carbons (Fsp3) is 0.533. The molecule has 0 aliphatic heterocycles. The minimum Gasteiger partial charge on any atom is -0.395 e. The van der Waals surface area contributed by atoms with Gasteiger partial charge in [0.1, 0.15) is 0 Å². The molecule has 1 aliphatic carbocycles. The lowest BCUT2D eigenvalue weighted by Gasteiger charge is -2.27. The van der Waals surface area contributed by atoms with Crippen molar-refractivity contribution in [3.63, 3.8) is 0 Å². The van der Waals surface area contributed by atoms with Crippen molar-refractivity contribution in [2.75, 3.05) is 25.0 Å². The first-order valence-corrected chi connectivity index (χ1v) is 8.18. The van der Waals surface area contributed by atoms with Crippen molar-refractivity contribution in [3.05, 3.63) is 27.8 Å². The van der Waals surface area contributed by atoms with Crippen molar-refractivity contribution in [1.29, 1.82) is 0 Å². The molecular formula is C15H21IN2O2. The van der Waals surface area contributed by atoms with E-state index in [1.165, 1.54) is 12.8 Å². The summed E-state index contributed by atoms with van der Waals surface area (Å²) in [6.07, 6.45) is 4.72. The van der Waals surface area contributed by atoms with Gasteiger partial charge < -0.3 is 10.4 Å². The first kappa shape index (κ1) is 15.7. The average molecular weight is 388 g/mol. The number of nitrogens with zero attached hydrogens (tertiary/aromatic N) is 1. The molecule has 1 fully saturated rings. The van der Waals surface area contributed by atoms with Crippen LogP contribution in [0.1, 0.15) is 25.7 Å². The number of aliphatic hydroxyl groups is 1. The van der Waals surface area contributed by atoms with E-state index in [0.717, 1.165) is 22.1 Å². The van der Waals surface area contributed by atoms with Gasteiger partial charge in [-0.1, -0.05) is 25.0 Å². The highest BCUT2D eigenvalue weighted by Crippen LogP contribution is 2.23. The molecule has 0 atom stereocenters. The predicted molar refractivity (Wildman–Crippen MR) is 88.7 cm³/mol. The Morgan fingerprint density at radius 3 is 2.70 bits per heavy atom. The molecule has 4 nitrogen and oxygen atoms in total. The molecule has 1 aromatic rings. The van der Waals surface area contributed by atoms with Crippen molar-refractivity contribution >= 4 is 34.2 Å². The van der Waals surface area contributed by atoms with E-state index in [1.807, 2.05) is 24.3 Å². The van der Waals surface area contributed by atoms with Crippen molar-refractivity contribution in [2.45, 2.75) is 31.7 Å².